The SMILES string of the molecule is CC1=C(C(=O)Nc2ccccn2)[C@@H](c2cn(Cc3ccc(Cl)cc3)nc2-c2ccccc2)C2=C(CC(C)(C)CC2=O)N1. The molecule has 0 unspecified atom stereocenters. The molecule has 0 bridgehead atoms. The van der Waals surface area contributed by atoms with E-state index in [1.54, 1.807) is 18.3 Å². The molecule has 8 heteroatoms. The van der Waals surface area contributed by atoms with Gasteiger partial charge >= 0.3 is 0 Å². The van der Waals surface area contributed by atoms with Crippen LogP contribution in [0.5, 0.6) is 0 Å². The summed E-state index contributed by atoms with van der Waals surface area (Å²) < 4.78 is 1.88. The quantitative estimate of drug-likeness (QED) is 0.260. The third kappa shape index (κ3) is 5.52. The zero-order valence-electron chi connectivity index (χ0n) is 23.8. The molecule has 0 saturated heterocycles. The first kappa shape index (κ1) is 27.7. The normalized spacial score (nSPS) is 18.0. The second-order valence-electron chi connectivity index (χ2n) is 11.7. The van der Waals surface area contributed by atoms with Crippen LogP contribution in [0, 0.1) is 5.41 Å². The minimum Gasteiger partial charge on any atom is -0.362 e. The van der Waals surface area contributed by atoms with E-state index in [1.807, 2.05) is 78.5 Å². The van der Waals surface area contributed by atoms with Gasteiger partial charge in [-0.05, 0) is 48.6 Å². The van der Waals surface area contributed by atoms with Crippen molar-refractivity contribution in [2.24, 2.45) is 5.41 Å². The van der Waals surface area contributed by atoms with Crippen molar-refractivity contribution in [3.8, 4) is 11.3 Å². The number of hydrogen-bond acceptors (Lipinski definition) is 5. The van der Waals surface area contributed by atoms with Crippen LogP contribution in [0.25, 0.3) is 11.3 Å². The number of nitrogens with zero attached hydrogens (tertiary/aromatic N) is 3. The van der Waals surface area contributed by atoms with Gasteiger partial charge in [0.25, 0.3) is 5.91 Å². The molecule has 0 radical (unpaired) electrons. The Balaban J connectivity index is 1.52. The van der Waals surface area contributed by atoms with Crippen molar-refractivity contribution in [1.29, 1.82) is 0 Å². The number of aromatic nitrogens is 3. The Morgan fingerprint density at radius 2 is 1.79 bits per heavy atom. The minimum atomic E-state index is -0.609. The van der Waals surface area contributed by atoms with Gasteiger partial charge in [0, 0.05) is 57.5 Å². The van der Waals surface area contributed by atoms with Crippen LogP contribution in [0.1, 0.15) is 50.7 Å². The summed E-state index contributed by atoms with van der Waals surface area (Å²) >= 11 is 6.13. The Morgan fingerprint density at radius 1 is 1.05 bits per heavy atom. The van der Waals surface area contributed by atoms with Gasteiger partial charge in [-0.3, -0.25) is 14.3 Å². The zero-order chi connectivity index (χ0) is 29.4. The van der Waals surface area contributed by atoms with Crippen LogP contribution in [0.2, 0.25) is 5.02 Å². The van der Waals surface area contributed by atoms with Crippen molar-refractivity contribution in [2.45, 2.75) is 46.1 Å². The van der Waals surface area contributed by atoms with Crippen molar-refractivity contribution in [3.63, 3.8) is 0 Å². The Bertz CT molecular complexity index is 1720. The third-order valence-corrected chi connectivity index (χ3v) is 8.05. The van der Waals surface area contributed by atoms with E-state index in [4.69, 9.17) is 16.7 Å². The van der Waals surface area contributed by atoms with Crippen LogP contribution < -0.4 is 10.6 Å². The summed E-state index contributed by atoms with van der Waals surface area (Å²) in [6.45, 7) is 6.62. The average molecular weight is 578 g/mol. The summed E-state index contributed by atoms with van der Waals surface area (Å²) in [7, 11) is 0. The van der Waals surface area contributed by atoms with E-state index in [2.05, 4.69) is 29.5 Å². The van der Waals surface area contributed by atoms with E-state index in [0.717, 1.165) is 28.1 Å². The van der Waals surface area contributed by atoms with Crippen LogP contribution in [0.3, 0.4) is 0 Å². The highest BCUT2D eigenvalue weighted by atomic mass is 35.5. The molecule has 0 spiro atoms. The third-order valence-electron chi connectivity index (χ3n) is 7.80. The molecule has 1 aliphatic heterocycles. The summed E-state index contributed by atoms with van der Waals surface area (Å²) in [5, 5.41) is 12.1. The molecule has 1 aliphatic carbocycles. The molecule has 3 heterocycles. The number of ketones is 1. The smallest absolute Gasteiger partial charge is 0.255 e. The first-order chi connectivity index (χ1) is 20.2. The molecule has 7 nitrogen and oxygen atoms in total. The van der Waals surface area contributed by atoms with E-state index >= 15 is 0 Å². The molecule has 2 aromatic carbocycles. The number of allylic oxidation sites excluding steroid dienone is 3. The predicted octanol–water partition coefficient (Wildman–Crippen LogP) is 6.89. The molecule has 6 rings (SSSR count). The van der Waals surface area contributed by atoms with Gasteiger partial charge in [0.2, 0.25) is 0 Å². The highest BCUT2D eigenvalue weighted by Gasteiger charge is 2.44. The summed E-state index contributed by atoms with van der Waals surface area (Å²) in [5.41, 5.74) is 5.99. The number of nitrogens with one attached hydrogen (secondary N) is 2. The molecular formula is C34H32ClN5O2. The lowest BCUT2D eigenvalue weighted by molar-refractivity contribution is -0.118. The molecule has 0 fully saturated rings. The van der Waals surface area contributed by atoms with Crippen LogP contribution >= 0.6 is 11.6 Å². The summed E-state index contributed by atoms with van der Waals surface area (Å²) in [6.07, 6.45) is 4.72. The number of dihydropyridines is 1. The maximum atomic E-state index is 14.0. The van der Waals surface area contributed by atoms with Crippen LogP contribution in [-0.4, -0.2) is 26.5 Å². The van der Waals surface area contributed by atoms with E-state index in [0.29, 0.717) is 47.1 Å². The number of rotatable bonds is 6. The fourth-order valence-corrected chi connectivity index (χ4v) is 6.12. The van der Waals surface area contributed by atoms with Crippen LogP contribution in [0.4, 0.5) is 5.82 Å². The predicted molar refractivity (Wildman–Crippen MR) is 165 cm³/mol. The van der Waals surface area contributed by atoms with E-state index in [-0.39, 0.29) is 17.1 Å². The van der Waals surface area contributed by atoms with Gasteiger partial charge in [-0.1, -0.05) is 74.0 Å². The number of anilines is 1. The monoisotopic (exact) mass is 577 g/mol. The number of halogens is 1. The van der Waals surface area contributed by atoms with Crippen LogP contribution in [-0.2, 0) is 16.1 Å². The summed E-state index contributed by atoms with van der Waals surface area (Å²) in [5.74, 6) is -0.432. The van der Waals surface area contributed by atoms with Gasteiger partial charge in [0.1, 0.15) is 5.82 Å². The zero-order valence-corrected chi connectivity index (χ0v) is 24.6. The maximum Gasteiger partial charge on any atom is 0.255 e. The second kappa shape index (κ2) is 11.1. The van der Waals surface area contributed by atoms with Crippen molar-refractivity contribution in [3.05, 3.63) is 124 Å². The number of hydrogen-bond donors (Lipinski definition) is 2. The molecule has 0 saturated carbocycles. The second-order valence-corrected chi connectivity index (χ2v) is 12.2. The molecule has 1 atom stereocenters. The van der Waals surface area contributed by atoms with Crippen molar-refractivity contribution in [1.82, 2.24) is 20.1 Å². The van der Waals surface area contributed by atoms with Gasteiger partial charge in [-0.2, -0.15) is 5.10 Å². The maximum absolute atomic E-state index is 14.0. The largest absolute Gasteiger partial charge is 0.362 e. The molecule has 4 aromatic rings. The van der Waals surface area contributed by atoms with E-state index in [1.165, 1.54) is 0 Å². The van der Waals surface area contributed by atoms with Crippen molar-refractivity contribution in [2.75, 3.05) is 5.32 Å². The number of carbonyl (C=O) groups excluding carboxylic acids is 2. The lowest BCUT2D eigenvalue weighted by Crippen LogP contribution is -2.39. The van der Waals surface area contributed by atoms with Gasteiger partial charge in [0.05, 0.1) is 18.2 Å². The number of carbonyl (C=O) groups is 2. The highest BCUT2D eigenvalue weighted by Crippen LogP contribution is 2.48. The standard InChI is InChI=1S/C34H32ClN5O2/c1-21-29(33(42)38-28-11-7-8-16-36-28)30(31-26(37-21)17-34(2,3)18-27(31)41)25-20-40(19-22-12-14-24(35)15-13-22)39-32(25)23-9-5-4-6-10-23/h4-16,20,30,37H,17-19H2,1-3H3,(H,36,38,42)/t30-/m1/s1. The molecular weight excluding hydrogens is 546 g/mol. The van der Waals surface area contributed by atoms with E-state index in [9.17, 15) is 9.59 Å². The number of benzene rings is 2. The molecule has 212 valence electrons. The number of amides is 1. The first-order valence-corrected chi connectivity index (χ1v) is 14.4. The number of pyridine rings is 1. The van der Waals surface area contributed by atoms with Crippen molar-refractivity contribution >= 4 is 29.1 Å². The number of Topliss-reactive ketones (excluding diaryl/α,β-unsaturated/α-hetero) is 1. The average Bonchev–Trinajstić information content (AvgIpc) is 3.37. The van der Waals surface area contributed by atoms with Crippen molar-refractivity contribution < 1.29 is 9.59 Å². The molecule has 1 amide bonds. The van der Waals surface area contributed by atoms with Gasteiger partial charge < -0.3 is 10.6 Å². The van der Waals surface area contributed by atoms with Crippen LogP contribution in [0.15, 0.2) is 108 Å². The Hall–Kier alpha value is -4.49. The lowest BCUT2D eigenvalue weighted by Gasteiger charge is -2.39. The summed E-state index contributed by atoms with van der Waals surface area (Å²) in [6, 6.07) is 22.9. The topological polar surface area (TPSA) is 88.9 Å². The Labute approximate surface area is 250 Å². The lowest BCUT2D eigenvalue weighted by atomic mass is 9.68. The molecule has 2 aliphatic rings. The fraction of sp³-hybridized carbons (Fsp3) is 0.235. The molecule has 42 heavy (non-hydrogen) atoms. The fourth-order valence-electron chi connectivity index (χ4n) is 5.99. The first-order valence-electron chi connectivity index (χ1n) is 14.0. The van der Waals surface area contributed by atoms with E-state index < -0.39 is 5.92 Å². The minimum absolute atomic E-state index is 0.0406. The summed E-state index contributed by atoms with van der Waals surface area (Å²) in [4.78, 5) is 32.3. The Morgan fingerprint density at radius 3 is 2.50 bits per heavy atom. The van der Waals surface area contributed by atoms with Gasteiger partial charge in [-0.25, -0.2) is 4.98 Å². The Kier molecular flexibility index (Phi) is 7.29. The van der Waals surface area contributed by atoms with Gasteiger partial charge in [0.15, 0.2) is 5.78 Å². The highest BCUT2D eigenvalue weighted by molar-refractivity contribution is 6.30. The molecule has 2 N–H and O–H groups in total. The molecule has 2 aromatic heterocycles. The van der Waals surface area contributed by atoms with Gasteiger partial charge in [-0.15, -0.1) is 0 Å².